The Morgan fingerprint density at radius 1 is 1.03 bits per heavy atom. The number of benzene rings is 2. The molecule has 0 saturated heterocycles. The van der Waals surface area contributed by atoms with Gasteiger partial charge in [-0.2, -0.15) is 0 Å². The number of aromatic nitrogens is 2. The standard InChI is InChI=1S/C21H16ClFIN4O5/c1-29-24-27-18(21-28-31-11-10-30-21)13-6-2-4-8-15(13)32-19-17(23)20(26-12-25-19)33-16-9-5-3-7-14(16)22/h2-9,12H,10-11H2,1H3/q-1. The van der Waals surface area contributed by atoms with Gasteiger partial charge in [0.25, 0.3) is 0 Å². The zero-order valence-electron chi connectivity index (χ0n) is 17.1. The summed E-state index contributed by atoms with van der Waals surface area (Å²) in [6.45, 7) is 0.643. The number of para-hydroxylation sites is 2. The van der Waals surface area contributed by atoms with Gasteiger partial charge in [0, 0.05) is 0 Å². The SMILES string of the molecule is CO[I-]N=C(C1=NOCCO1)c1ccccc1Oc1ncnc(Oc2ccccc2Cl)c1F. The van der Waals surface area contributed by atoms with Crippen LogP contribution in [0.2, 0.25) is 5.02 Å². The molecule has 0 atom stereocenters. The van der Waals surface area contributed by atoms with Crippen molar-refractivity contribution in [1.29, 1.82) is 0 Å². The Morgan fingerprint density at radius 3 is 2.42 bits per heavy atom. The summed E-state index contributed by atoms with van der Waals surface area (Å²) in [7, 11) is 1.55. The Balaban J connectivity index is 1.67. The Hall–Kier alpha value is -3.03. The molecule has 172 valence electrons. The maximum atomic E-state index is 15.1. The molecule has 4 rings (SSSR count). The first-order valence-electron chi connectivity index (χ1n) is 9.46. The van der Waals surface area contributed by atoms with Crippen molar-refractivity contribution in [2.45, 2.75) is 0 Å². The molecule has 0 spiro atoms. The number of oxime groups is 1. The van der Waals surface area contributed by atoms with Gasteiger partial charge >= 0.3 is 199 Å². The van der Waals surface area contributed by atoms with Crippen molar-refractivity contribution in [2.75, 3.05) is 20.3 Å². The molecule has 0 radical (unpaired) electrons. The van der Waals surface area contributed by atoms with Crippen LogP contribution in [0.3, 0.4) is 0 Å². The fourth-order valence-electron chi connectivity index (χ4n) is 2.65. The first-order valence-corrected chi connectivity index (χ1v) is 11.7. The Morgan fingerprint density at radius 2 is 1.73 bits per heavy atom. The molecule has 9 nitrogen and oxygen atoms in total. The van der Waals surface area contributed by atoms with E-state index in [1.807, 2.05) is 0 Å². The molecule has 0 unspecified atom stereocenters. The maximum absolute atomic E-state index is 15.1. The van der Waals surface area contributed by atoms with Crippen molar-refractivity contribution < 1.29 is 48.4 Å². The van der Waals surface area contributed by atoms with Gasteiger partial charge in [-0.25, -0.2) is 0 Å². The van der Waals surface area contributed by atoms with Gasteiger partial charge in [-0.15, -0.1) is 0 Å². The summed E-state index contributed by atoms with van der Waals surface area (Å²) in [6.07, 6.45) is 1.13. The summed E-state index contributed by atoms with van der Waals surface area (Å²) in [5.74, 6) is -0.895. The van der Waals surface area contributed by atoms with Crippen molar-refractivity contribution in [3.05, 3.63) is 71.3 Å². The van der Waals surface area contributed by atoms with Crippen molar-refractivity contribution in [2.24, 2.45) is 8.36 Å². The topological polar surface area (TPSA) is 96.7 Å². The summed E-state index contributed by atoms with van der Waals surface area (Å²) in [6, 6.07) is 13.5. The predicted octanol–water partition coefficient (Wildman–Crippen LogP) is 1.57. The van der Waals surface area contributed by atoms with Crippen LogP contribution in [-0.4, -0.2) is 41.9 Å². The van der Waals surface area contributed by atoms with E-state index in [1.54, 1.807) is 55.6 Å². The molecular formula is C21H16ClFIN4O5-. The third kappa shape index (κ3) is 5.67. The van der Waals surface area contributed by atoms with Gasteiger partial charge in [-0.3, -0.25) is 0 Å². The second kappa shape index (κ2) is 11.2. The molecule has 1 aliphatic rings. The van der Waals surface area contributed by atoms with Crippen LogP contribution in [0.25, 0.3) is 0 Å². The molecule has 0 amide bonds. The molecule has 2 heterocycles. The number of halogens is 3. The van der Waals surface area contributed by atoms with Crippen LogP contribution in [0.5, 0.6) is 23.3 Å². The molecular weight excluding hydrogens is 570 g/mol. The first kappa shape index (κ1) is 23.1. The molecule has 3 aromatic rings. The van der Waals surface area contributed by atoms with Crippen LogP contribution in [0.15, 0.2) is 63.2 Å². The minimum absolute atomic E-state index is 0.181. The molecule has 1 aromatic heterocycles. The molecule has 0 N–H and O–H groups in total. The van der Waals surface area contributed by atoms with E-state index >= 15 is 4.39 Å². The average molecular weight is 586 g/mol. The van der Waals surface area contributed by atoms with E-state index in [1.165, 1.54) is 0 Å². The second-order valence-electron chi connectivity index (χ2n) is 6.16. The van der Waals surface area contributed by atoms with E-state index in [-0.39, 0.29) is 29.2 Å². The van der Waals surface area contributed by atoms with Crippen LogP contribution in [0.4, 0.5) is 4.39 Å². The van der Waals surface area contributed by atoms with E-state index in [0.717, 1.165) is 6.33 Å². The van der Waals surface area contributed by atoms with Crippen molar-refractivity contribution >= 4 is 23.2 Å². The van der Waals surface area contributed by atoms with Gasteiger partial charge in [0.2, 0.25) is 0 Å². The van der Waals surface area contributed by atoms with Crippen LogP contribution >= 0.6 is 11.6 Å². The monoisotopic (exact) mass is 585 g/mol. The summed E-state index contributed by atoms with van der Waals surface area (Å²) in [5.41, 5.74) is 0.854. The third-order valence-corrected chi connectivity index (χ3v) is 5.45. The Bertz CT molecular complexity index is 1200. The fraction of sp³-hybridized carbons (Fsp3) is 0.143. The summed E-state index contributed by atoms with van der Waals surface area (Å²) < 4.78 is 41.7. The van der Waals surface area contributed by atoms with E-state index in [2.05, 4.69) is 18.3 Å². The molecule has 0 aliphatic carbocycles. The molecule has 33 heavy (non-hydrogen) atoms. The van der Waals surface area contributed by atoms with Gasteiger partial charge < -0.3 is 0 Å². The van der Waals surface area contributed by atoms with Crippen LogP contribution < -0.4 is 31.4 Å². The normalized spacial score (nSPS) is 13.7. The number of rotatable bonds is 8. The first-order chi connectivity index (χ1) is 16.2. The third-order valence-electron chi connectivity index (χ3n) is 4.07. The summed E-state index contributed by atoms with van der Waals surface area (Å²) in [5, 5.41) is 4.24. The van der Waals surface area contributed by atoms with Gasteiger partial charge in [0.1, 0.15) is 0 Å². The number of nitrogens with zero attached hydrogens (tertiary/aromatic N) is 4. The molecule has 2 aromatic carbocycles. The van der Waals surface area contributed by atoms with Crippen LogP contribution in [0, 0.1) is 5.82 Å². The summed E-state index contributed by atoms with van der Waals surface area (Å²) in [4.78, 5) is 12.9. The van der Waals surface area contributed by atoms with Crippen molar-refractivity contribution in [1.82, 2.24) is 9.97 Å². The summed E-state index contributed by atoms with van der Waals surface area (Å²) >= 11 is 5.09. The Labute approximate surface area is 204 Å². The zero-order chi connectivity index (χ0) is 23.0. The molecule has 0 bridgehead atoms. The Kier molecular flexibility index (Phi) is 7.86. The number of hydrogen-bond acceptors (Lipinski definition) is 9. The van der Waals surface area contributed by atoms with Crippen molar-refractivity contribution in [3.8, 4) is 23.3 Å². The fourth-order valence-corrected chi connectivity index (χ4v) is 3.69. The van der Waals surface area contributed by atoms with E-state index in [4.69, 9.17) is 33.7 Å². The number of ether oxygens (including phenoxy) is 3. The van der Waals surface area contributed by atoms with E-state index in [9.17, 15) is 0 Å². The number of hydrogen-bond donors (Lipinski definition) is 0. The van der Waals surface area contributed by atoms with Crippen LogP contribution in [-0.2, 0) is 12.6 Å². The predicted molar refractivity (Wildman–Crippen MR) is 113 cm³/mol. The second-order valence-corrected chi connectivity index (χ2v) is 8.33. The van der Waals surface area contributed by atoms with Gasteiger partial charge in [-0.1, -0.05) is 6.07 Å². The molecule has 0 fully saturated rings. The molecule has 12 heteroatoms. The molecule has 1 aliphatic heterocycles. The van der Waals surface area contributed by atoms with Gasteiger partial charge in [0.05, 0.1) is 0 Å². The minimum atomic E-state index is -0.998. The van der Waals surface area contributed by atoms with Crippen LogP contribution in [0.1, 0.15) is 5.56 Å². The quantitative estimate of drug-likeness (QED) is 0.293. The van der Waals surface area contributed by atoms with E-state index < -0.39 is 27.7 Å². The van der Waals surface area contributed by atoms with Gasteiger partial charge in [0.15, 0.2) is 0 Å². The van der Waals surface area contributed by atoms with Crippen molar-refractivity contribution in [3.63, 3.8) is 0 Å². The van der Waals surface area contributed by atoms with Gasteiger partial charge in [-0.05, 0) is 0 Å². The molecule has 0 saturated carbocycles. The van der Waals surface area contributed by atoms with E-state index in [0.29, 0.717) is 29.5 Å². The average Bonchev–Trinajstić information content (AvgIpc) is 2.85. The zero-order valence-corrected chi connectivity index (χ0v) is 20.0.